The molecule has 0 unspecified atom stereocenters. The van der Waals surface area contributed by atoms with E-state index in [4.69, 9.17) is 14.7 Å². The van der Waals surface area contributed by atoms with Gasteiger partial charge in [0, 0.05) is 11.6 Å². The second kappa shape index (κ2) is 4.48. The lowest BCUT2D eigenvalue weighted by Gasteiger charge is -2.03. The Kier molecular flexibility index (Phi) is 2.78. The summed E-state index contributed by atoms with van der Waals surface area (Å²) in [4.78, 5) is 0. The van der Waals surface area contributed by atoms with E-state index in [0.29, 0.717) is 22.6 Å². The summed E-state index contributed by atoms with van der Waals surface area (Å²) in [5, 5.41) is 3.85. The van der Waals surface area contributed by atoms with Crippen LogP contribution in [-0.4, -0.2) is 5.16 Å². The molecule has 2 aromatic heterocycles. The Bertz CT molecular complexity index is 757. The maximum absolute atomic E-state index is 13.4. The van der Waals surface area contributed by atoms with Crippen LogP contribution >= 0.6 is 0 Å². The van der Waals surface area contributed by atoms with Crippen LogP contribution in [-0.2, 0) is 0 Å². The lowest BCUT2D eigenvalue weighted by molar-refractivity contribution is 0.439. The first-order valence-electron chi connectivity index (χ1n) is 5.82. The van der Waals surface area contributed by atoms with Gasteiger partial charge in [-0.2, -0.15) is 0 Å². The van der Waals surface area contributed by atoms with E-state index in [2.05, 4.69) is 5.16 Å². The standard InChI is InChI=1S/C14H10F2N2O2/c1-7-11(2-3-19-7)13-12(14(17)20-18-13)8-4-9(15)6-10(16)5-8/h2-6H,17H2,1H3. The summed E-state index contributed by atoms with van der Waals surface area (Å²) in [5.41, 5.74) is 7.37. The molecule has 0 spiro atoms. The van der Waals surface area contributed by atoms with Crippen molar-refractivity contribution in [3.8, 4) is 22.4 Å². The molecule has 1 aromatic carbocycles. The first-order chi connectivity index (χ1) is 9.56. The monoisotopic (exact) mass is 276 g/mol. The van der Waals surface area contributed by atoms with Crippen molar-refractivity contribution in [2.75, 3.05) is 5.73 Å². The summed E-state index contributed by atoms with van der Waals surface area (Å²) in [6, 6.07) is 4.82. The highest BCUT2D eigenvalue weighted by Gasteiger charge is 2.21. The van der Waals surface area contributed by atoms with Crippen LogP contribution in [0.2, 0.25) is 0 Å². The lowest BCUT2D eigenvalue weighted by atomic mass is 10.0. The van der Waals surface area contributed by atoms with Crippen molar-refractivity contribution in [1.82, 2.24) is 5.16 Å². The number of nitrogens with two attached hydrogens (primary N) is 1. The van der Waals surface area contributed by atoms with Gasteiger partial charge in [-0.25, -0.2) is 8.78 Å². The van der Waals surface area contributed by atoms with Gasteiger partial charge >= 0.3 is 0 Å². The highest BCUT2D eigenvalue weighted by Crippen LogP contribution is 2.38. The minimum atomic E-state index is -0.699. The van der Waals surface area contributed by atoms with E-state index in [1.807, 2.05) is 0 Å². The molecule has 0 amide bonds. The molecular formula is C14H10F2N2O2. The normalized spacial score (nSPS) is 10.9. The predicted octanol–water partition coefficient (Wildman–Crippen LogP) is 3.77. The smallest absolute Gasteiger partial charge is 0.230 e. The molecule has 0 saturated carbocycles. The first kappa shape index (κ1) is 12.4. The second-order valence-electron chi connectivity index (χ2n) is 4.32. The van der Waals surface area contributed by atoms with Gasteiger partial charge in [0.2, 0.25) is 5.88 Å². The molecule has 2 N–H and O–H groups in total. The Balaban J connectivity index is 2.24. The molecule has 102 valence electrons. The number of aromatic nitrogens is 1. The molecule has 0 atom stereocenters. The SMILES string of the molecule is Cc1occc1-c1noc(N)c1-c1cc(F)cc(F)c1. The van der Waals surface area contributed by atoms with Crippen LogP contribution in [0.5, 0.6) is 0 Å². The fourth-order valence-corrected chi connectivity index (χ4v) is 2.09. The molecule has 3 aromatic rings. The molecule has 6 heteroatoms. The Morgan fingerprint density at radius 3 is 2.45 bits per heavy atom. The molecule has 4 nitrogen and oxygen atoms in total. The largest absolute Gasteiger partial charge is 0.469 e. The second-order valence-corrected chi connectivity index (χ2v) is 4.32. The number of aryl methyl sites for hydroxylation is 1. The van der Waals surface area contributed by atoms with Gasteiger partial charge in [0.15, 0.2) is 0 Å². The van der Waals surface area contributed by atoms with Gasteiger partial charge in [0.25, 0.3) is 0 Å². The average Bonchev–Trinajstić information content (AvgIpc) is 2.93. The quantitative estimate of drug-likeness (QED) is 0.773. The number of anilines is 1. The van der Waals surface area contributed by atoms with Crippen LogP contribution in [0.25, 0.3) is 22.4 Å². The Morgan fingerprint density at radius 1 is 1.15 bits per heavy atom. The van der Waals surface area contributed by atoms with E-state index in [0.717, 1.165) is 6.07 Å². The number of nitrogens with zero attached hydrogens (tertiary/aromatic N) is 1. The van der Waals surface area contributed by atoms with E-state index >= 15 is 0 Å². The summed E-state index contributed by atoms with van der Waals surface area (Å²) in [5.74, 6) is -0.798. The van der Waals surface area contributed by atoms with Crippen LogP contribution in [0.1, 0.15) is 5.76 Å². The molecular weight excluding hydrogens is 266 g/mol. The van der Waals surface area contributed by atoms with E-state index in [9.17, 15) is 8.78 Å². The summed E-state index contributed by atoms with van der Waals surface area (Å²) in [6.07, 6.45) is 1.49. The molecule has 2 heterocycles. The summed E-state index contributed by atoms with van der Waals surface area (Å²) in [6.45, 7) is 1.75. The van der Waals surface area contributed by atoms with Crippen molar-refractivity contribution in [3.63, 3.8) is 0 Å². The highest BCUT2D eigenvalue weighted by atomic mass is 19.1. The van der Waals surface area contributed by atoms with Crippen molar-refractivity contribution >= 4 is 5.88 Å². The average molecular weight is 276 g/mol. The number of halogens is 2. The molecule has 0 radical (unpaired) electrons. The molecule has 0 aliphatic carbocycles. The number of hydrogen-bond donors (Lipinski definition) is 1. The van der Waals surface area contributed by atoms with Crippen molar-refractivity contribution < 1.29 is 17.7 Å². The molecule has 20 heavy (non-hydrogen) atoms. The molecule has 3 rings (SSSR count). The topological polar surface area (TPSA) is 65.2 Å². The third-order valence-corrected chi connectivity index (χ3v) is 2.98. The highest BCUT2D eigenvalue weighted by molar-refractivity contribution is 5.87. The fraction of sp³-hybridized carbons (Fsp3) is 0.0714. The maximum atomic E-state index is 13.4. The fourth-order valence-electron chi connectivity index (χ4n) is 2.09. The van der Waals surface area contributed by atoms with Gasteiger partial charge in [-0.3, -0.25) is 0 Å². The zero-order valence-electron chi connectivity index (χ0n) is 10.5. The minimum absolute atomic E-state index is 0.00870. The van der Waals surface area contributed by atoms with Crippen LogP contribution in [0.15, 0.2) is 39.5 Å². The van der Waals surface area contributed by atoms with Crippen molar-refractivity contribution in [3.05, 3.63) is 47.9 Å². The van der Waals surface area contributed by atoms with Gasteiger partial charge in [-0.05, 0) is 30.7 Å². The molecule has 0 fully saturated rings. The zero-order chi connectivity index (χ0) is 14.3. The van der Waals surface area contributed by atoms with Crippen LogP contribution in [0.3, 0.4) is 0 Å². The zero-order valence-corrected chi connectivity index (χ0v) is 10.5. The number of furan rings is 1. The van der Waals surface area contributed by atoms with E-state index in [-0.39, 0.29) is 11.4 Å². The van der Waals surface area contributed by atoms with E-state index < -0.39 is 11.6 Å². The Labute approximate surface area is 112 Å². The van der Waals surface area contributed by atoms with Gasteiger partial charge < -0.3 is 14.7 Å². The lowest BCUT2D eigenvalue weighted by Crippen LogP contribution is -1.90. The first-order valence-corrected chi connectivity index (χ1v) is 5.82. The summed E-state index contributed by atoms with van der Waals surface area (Å²) < 4.78 is 36.9. The summed E-state index contributed by atoms with van der Waals surface area (Å²) >= 11 is 0. The van der Waals surface area contributed by atoms with Crippen LogP contribution < -0.4 is 5.73 Å². The van der Waals surface area contributed by atoms with Crippen LogP contribution in [0.4, 0.5) is 14.7 Å². The van der Waals surface area contributed by atoms with Crippen molar-refractivity contribution in [1.29, 1.82) is 0 Å². The Morgan fingerprint density at radius 2 is 1.85 bits per heavy atom. The molecule has 0 aliphatic heterocycles. The molecule has 0 aliphatic rings. The third kappa shape index (κ3) is 1.95. The van der Waals surface area contributed by atoms with Gasteiger partial charge in [0.05, 0.1) is 11.8 Å². The van der Waals surface area contributed by atoms with Crippen LogP contribution in [0, 0.1) is 18.6 Å². The maximum Gasteiger partial charge on any atom is 0.230 e. The summed E-state index contributed by atoms with van der Waals surface area (Å²) in [7, 11) is 0. The Hall–Kier alpha value is -2.63. The number of benzene rings is 1. The molecule has 0 saturated heterocycles. The third-order valence-electron chi connectivity index (χ3n) is 2.98. The number of nitrogen functional groups attached to an aromatic ring is 1. The van der Waals surface area contributed by atoms with E-state index in [1.165, 1.54) is 18.4 Å². The van der Waals surface area contributed by atoms with Crippen molar-refractivity contribution in [2.45, 2.75) is 6.92 Å². The number of rotatable bonds is 2. The number of hydrogen-bond acceptors (Lipinski definition) is 4. The van der Waals surface area contributed by atoms with Gasteiger partial charge in [0.1, 0.15) is 23.1 Å². The van der Waals surface area contributed by atoms with Crippen molar-refractivity contribution in [2.24, 2.45) is 0 Å². The minimum Gasteiger partial charge on any atom is -0.469 e. The van der Waals surface area contributed by atoms with E-state index in [1.54, 1.807) is 13.0 Å². The predicted molar refractivity (Wildman–Crippen MR) is 68.7 cm³/mol. The molecule has 0 bridgehead atoms. The van der Waals surface area contributed by atoms with Gasteiger partial charge in [-0.15, -0.1) is 0 Å². The van der Waals surface area contributed by atoms with Gasteiger partial charge in [-0.1, -0.05) is 5.16 Å².